The van der Waals surface area contributed by atoms with Crippen LogP contribution >= 0.6 is 0 Å². The smallest absolute Gasteiger partial charge is 0.0196 e. The molecule has 4 nitrogen and oxygen atoms in total. The zero-order valence-electron chi connectivity index (χ0n) is 18.4. The van der Waals surface area contributed by atoms with Gasteiger partial charge < -0.3 is 17.2 Å². The summed E-state index contributed by atoms with van der Waals surface area (Å²) < 4.78 is 0. The molecule has 0 aliphatic heterocycles. The van der Waals surface area contributed by atoms with Crippen LogP contribution in [0, 0.1) is 17.8 Å². The topological polar surface area (TPSA) is 81.3 Å². The molecular weight excluding hydrogens is 344 g/mol. The van der Waals surface area contributed by atoms with E-state index in [1.165, 1.54) is 96.3 Å². The fourth-order valence-corrected chi connectivity index (χ4v) is 6.25. The van der Waals surface area contributed by atoms with Gasteiger partial charge in [0.25, 0.3) is 0 Å². The van der Waals surface area contributed by atoms with Gasteiger partial charge in [-0.2, -0.15) is 0 Å². The summed E-state index contributed by atoms with van der Waals surface area (Å²) in [6.07, 6.45) is 20.3. The lowest BCUT2D eigenvalue weighted by molar-refractivity contribution is 0.149. The van der Waals surface area contributed by atoms with Crippen LogP contribution in [0.5, 0.6) is 0 Å². The molecule has 28 heavy (non-hydrogen) atoms. The summed E-state index contributed by atoms with van der Waals surface area (Å²) in [6.45, 7) is 2.97. The van der Waals surface area contributed by atoms with Crippen LogP contribution in [0.1, 0.15) is 96.3 Å². The monoisotopic (exact) mass is 392 g/mol. The van der Waals surface area contributed by atoms with Crippen molar-refractivity contribution >= 4 is 0 Å². The summed E-state index contributed by atoms with van der Waals surface area (Å²) in [5, 5.41) is 0. The van der Waals surface area contributed by atoms with Crippen molar-refractivity contribution in [2.75, 3.05) is 19.6 Å². The Labute approximate surface area is 174 Å². The highest BCUT2D eigenvalue weighted by Crippen LogP contribution is 2.29. The van der Waals surface area contributed by atoms with Crippen LogP contribution in [-0.2, 0) is 0 Å². The average Bonchev–Trinajstić information content (AvgIpc) is 2.75. The number of hydrogen-bond donors (Lipinski definition) is 3. The van der Waals surface area contributed by atoms with E-state index in [1.54, 1.807) is 0 Å². The van der Waals surface area contributed by atoms with Crippen molar-refractivity contribution in [2.24, 2.45) is 35.0 Å². The first-order valence-corrected chi connectivity index (χ1v) is 12.6. The highest BCUT2D eigenvalue weighted by atomic mass is 15.2. The zero-order valence-corrected chi connectivity index (χ0v) is 18.4. The quantitative estimate of drug-likeness (QED) is 0.554. The number of nitrogens with zero attached hydrogens (tertiary/aromatic N) is 1. The van der Waals surface area contributed by atoms with Gasteiger partial charge in [-0.1, -0.05) is 57.8 Å². The predicted octanol–water partition coefficient (Wildman–Crippen LogP) is 4.01. The molecule has 6 N–H and O–H groups in total. The lowest BCUT2D eigenvalue weighted by Gasteiger charge is -2.38. The highest BCUT2D eigenvalue weighted by Gasteiger charge is 2.29. The van der Waals surface area contributed by atoms with Gasteiger partial charge in [0, 0.05) is 37.8 Å². The molecule has 0 aromatic heterocycles. The minimum atomic E-state index is 0.289. The number of nitrogens with two attached hydrogens (primary N) is 3. The molecule has 3 fully saturated rings. The van der Waals surface area contributed by atoms with Gasteiger partial charge in [0.1, 0.15) is 0 Å². The maximum absolute atomic E-state index is 6.73. The Hall–Kier alpha value is -0.160. The lowest BCUT2D eigenvalue weighted by atomic mass is 9.82. The Morgan fingerprint density at radius 2 is 0.714 bits per heavy atom. The minimum Gasteiger partial charge on any atom is -0.326 e. The van der Waals surface area contributed by atoms with Gasteiger partial charge in [-0.15, -0.1) is 0 Å². The lowest BCUT2D eigenvalue weighted by Crippen LogP contribution is -2.53. The predicted molar refractivity (Wildman–Crippen MR) is 120 cm³/mol. The normalized spacial score (nSPS) is 27.0. The molecule has 3 saturated carbocycles. The van der Waals surface area contributed by atoms with Crippen molar-refractivity contribution in [3.63, 3.8) is 0 Å². The molecule has 3 rings (SSSR count). The van der Waals surface area contributed by atoms with Crippen LogP contribution in [0.25, 0.3) is 0 Å². The second-order valence-electron chi connectivity index (χ2n) is 10.4. The van der Waals surface area contributed by atoms with Crippen molar-refractivity contribution in [1.82, 2.24) is 4.90 Å². The third-order valence-electron chi connectivity index (χ3n) is 8.17. The molecular formula is C24H48N4. The van der Waals surface area contributed by atoms with E-state index in [-0.39, 0.29) is 18.1 Å². The maximum Gasteiger partial charge on any atom is 0.0196 e. The summed E-state index contributed by atoms with van der Waals surface area (Å²) in [6, 6.07) is 0.868. The first-order chi connectivity index (χ1) is 13.6. The zero-order chi connectivity index (χ0) is 19.8. The van der Waals surface area contributed by atoms with E-state index in [1.807, 2.05) is 0 Å². The van der Waals surface area contributed by atoms with E-state index in [9.17, 15) is 0 Å². The fraction of sp³-hybridized carbons (Fsp3) is 1.00. The summed E-state index contributed by atoms with van der Waals surface area (Å²) in [5.74, 6) is 2.11. The Bertz CT molecular complexity index is 349. The average molecular weight is 393 g/mol. The molecule has 0 aromatic rings. The van der Waals surface area contributed by atoms with E-state index in [0.29, 0.717) is 17.8 Å². The van der Waals surface area contributed by atoms with Gasteiger partial charge in [-0.05, 0) is 56.3 Å². The third-order valence-corrected chi connectivity index (χ3v) is 8.17. The molecule has 4 heteroatoms. The van der Waals surface area contributed by atoms with Gasteiger partial charge in [0.2, 0.25) is 0 Å². The standard InChI is InChI=1S/C24H48N4/c25-22(19-10-4-1-5-11-19)16-28(17-23(26)20-12-6-2-7-13-20)18-24(27)21-14-8-3-9-15-21/h19-24H,1-18,25-27H2. The van der Waals surface area contributed by atoms with Crippen LogP contribution in [0.4, 0.5) is 0 Å². The summed E-state index contributed by atoms with van der Waals surface area (Å²) in [5.41, 5.74) is 20.2. The van der Waals surface area contributed by atoms with Crippen molar-refractivity contribution in [2.45, 2.75) is 114 Å². The van der Waals surface area contributed by atoms with Crippen molar-refractivity contribution in [3.05, 3.63) is 0 Å². The van der Waals surface area contributed by atoms with Crippen LogP contribution in [0.2, 0.25) is 0 Å². The molecule has 3 unspecified atom stereocenters. The molecule has 164 valence electrons. The molecule has 0 radical (unpaired) electrons. The Kier molecular flexibility index (Phi) is 9.56. The molecule has 0 spiro atoms. The van der Waals surface area contributed by atoms with Gasteiger partial charge in [-0.25, -0.2) is 0 Å². The second-order valence-corrected chi connectivity index (χ2v) is 10.4. The van der Waals surface area contributed by atoms with Crippen LogP contribution in [0.3, 0.4) is 0 Å². The minimum absolute atomic E-state index is 0.289. The molecule has 0 aromatic carbocycles. The highest BCUT2D eigenvalue weighted by molar-refractivity contribution is 4.87. The summed E-state index contributed by atoms with van der Waals surface area (Å²) >= 11 is 0. The molecule has 3 aliphatic carbocycles. The van der Waals surface area contributed by atoms with E-state index < -0.39 is 0 Å². The Balaban J connectivity index is 1.56. The van der Waals surface area contributed by atoms with Crippen LogP contribution in [0.15, 0.2) is 0 Å². The summed E-state index contributed by atoms with van der Waals surface area (Å²) in [7, 11) is 0. The fourth-order valence-electron chi connectivity index (χ4n) is 6.25. The van der Waals surface area contributed by atoms with Crippen LogP contribution < -0.4 is 17.2 Å². The van der Waals surface area contributed by atoms with E-state index in [0.717, 1.165) is 19.6 Å². The van der Waals surface area contributed by atoms with Gasteiger partial charge in [-0.3, -0.25) is 4.90 Å². The van der Waals surface area contributed by atoms with Crippen molar-refractivity contribution < 1.29 is 0 Å². The van der Waals surface area contributed by atoms with Crippen molar-refractivity contribution in [1.29, 1.82) is 0 Å². The summed E-state index contributed by atoms with van der Waals surface area (Å²) in [4.78, 5) is 2.58. The van der Waals surface area contributed by atoms with E-state index in [4.69, 9.17) is 17.2 Å². The van der Waals surface area contributed by atoms with Gasteiger partial charge in [0.05, 0.1) is 0 Å². The molecule has 0 heterocycles. The SMILES string of the molecule is NC(CN(CC(N)C1CCCCC1)CC(N)C1CCCCC1)C1CCCCC1. The molecule has 0 saturated heterocycles. The Morgan fingerprint density at radius 1 is 0.464 bits per heavy atom. The number of rotatable bonds is 9. The van der Waals surface area contributed by atoms with Gasteiger partial charge in [0.15, 0.2) is 0 Å². The largest absolute Gasteiger partial charge is 0.326 e. The van der Waals surface area contributed by atoms with E-state index >= 15 is 0 Å². The van der Waals surface area contributed by atoms with E-state index in [2.05, 4.69) is 4.90 Å². The Morgan fingerprint density at radius 3 is 0.964 bits per heavy atom. The first-order valence-electron chi connectivity index (χ1n) is 12.6. The van der Waals surface area contributed by atoms with Crippen molar-refractivity contribution in [3.8, 4) is 0 Å². The maximum atomic E-state index is 6.73. The number of hydrogen-bond acceptors (Lipinski definition) is 4. The second kappa shape index (κ2) is 11.9. The van der Waals surface area contributed by atoms with Gasteiger partial charge >= 0.3 is 0 Å². The first kappa shape index (κ1) is 22.5. The molecule has 3 aliphatic rings. The molecule has 0 bridgehead atoms. The molecule has 0 amide bonds. The third kappa shape index (κ3) is 6.97. The molecule has 3 atom stereocenters. The van der Waals surface area contributed by atoms with Crippen LogP contribution in [-0.4, -0.2) is 42.7 Å².